The van der Waals surface area contributed by atoms with Gasteiger partial charge in [-0.2, -0.15) is 0 Å². The molecule has 0 saturated carbocycles. The van der Waals surface area contributed by atoms with Crippen molar-refractivity contribution in [3.05, 3.63) is 57.6 Å². The summed E-state index contributed by atoms with van der Waals surface area (Å²) >= 11 is 17.5. The number of benzene rings is 2. The second-order valence-electron chi connectivity index (χ2n) is 4.09. The molecule has 0 aliphatic heterocycles. The second kappa shape index (κ2) is 5.78. The quantitative estimate of drug-likeness (QED) is 0.808. The maximum absolute atomic E-state index is 6.27. The standard InChI is InChI=1S/C14H12Cl2N2S/c1-8-6-7-10(15)13(12(8)16)18-11-5-3-2-4-9(11)14(17)19/h2-7,18H,1H3,(H2,17,19). The fourth-order valence-electron chi connectivity index (χ4n) is 1.71. The smallest absolute Gasteiger partial charge is 0.106 e. The van der Waals surface area contributed by atoms with Crippen molar-refractivity contribution in [1.82, 2.24) is 0 Å². The van der Waals surface area contributed by atoms with Crippen molar-refractivity contribution >= 4 is 51.8 Å². The minimum Gasteiger partial charge on any atom is -0.389 e. The van der Waals surface area contributed by atoms with Crippen LogP contribution in [-0.4, -0.2) is 4.99 Å². The number of anilines is 2. The number of nitrogens with one attached hydrogen (secondary N) is 1. The summed E-state index contributed by atoms with van der Waals surface area (Å²) in [5, 5.41) is 4.34. The first-order valence-electron chi connectivity index (χ1n) is 5.61. The van der Waals surface area contributed by atoms with Gasteiger partial charge in [0.25, 0.3) is 0 Å². The Morgan fingerprint density at radius 1 is 1.16 bits per heavy atom. The SMILES string of the molecule is Cc1ccc(Cl)c(Nc2ccccc2C(N)=S)c1Cl. The normalized spacial score (nSPS) is 10.3. The van der Waals surface area contributed by atoms with Crippen LogP contribution in [0.15, 0.2) is 36.4 Å². The highest BCUT2D eigenvalue weighted by Gasteiger charge is 2.11. The van der Waals surface area contributed by atoms with E-state index in [1.165, 1.54) is 0 Å². The molecule has 0 spiro atoms. The molecule has 0 aliphatic carbocycles. The number of thiocarbonyl (C=S) groups is 1. The zero-order chi connectivity index (χ0) is 14.0. The van der Waals surface area contributed by atoms with Gasteiger partial charge in [-0.05, 0) is 30.7 Å². The third-order valence-corrected chi connectivity index (χ3v) is 3.76. The van der Waals surface area contributed by atoms with Crippen LogP contribution in [0.2, 0.25) is 10.0 Å². The highest BCUT2D eigenvalue weighted by Crippen LogP contribution is 2.35. The molecule has 0 saturated heterocycles. The summed E-state index contributed by atoms with van der Waals surface area (Å²) in [4.78, 5) is 0.322. The number of aryl methyl sites for hydroxylation is 1. The molecule has 0 aromatic heterocycles. The van der Waals surface area contributed by atoms with Crippen LogP contribution < -0.4 is 11.1 Å². The fraction of sp³-hybridized carbons (Fsp3) is 0.0714. The van der Waals surface area contributed by atoms with Crippen molar-refractivity contribution in [2.24, 2.45) is 5.73 Å². The Labute approximate surface area is 127 Å². The van der Waals surface area contributed by atoms with Crippen LogP contribution in [0.3, 0.4) is 0 Å². The lowest BCUT2D eigenvalue weighted by Gasteiger charge is -2.14. The van der Waals surface area contributed by atoms with Crippen molar-refractivity contribution in [2.45, 2.75) is 6.92 Å². The molecule has 5 heteroatoms. The van der Waals surface area contributed by atoms with Crippen LogP contribution in [0.4, 0.5) is 11.4 Å². The Balaban J connectivity index is 2.48. The van der Waals surface area contributed by atoms with Gasteiger partial charge in [-0.25, -0.2) is 0 Å². The van der Waals surface area contributed by atoms with E-state index in [-0.39, 0.29) is 0 Å². The van der Waals surface area contributed by atoms with Gasteiger partial charge in [-0.1, -0.05) is 53.6 Å². The molecule has 0 fully saturated rings. The van der Waals surface area contributed by atoms with Gasteiger partial charge in [0.1, 0.15) is 4.99 Å². The summed E-state index contributed by atoms with van der Waals surface area (Å²) in [7, 11) is 0. The monoisotopic (exact) mass is 310 g/mol. The van der Waals surface area contributed by atoms with Crippen LogP contribution in [0, 0.1) is 6.92 Å². The zero-order valence-corrected chi connectivity index (χ0v) is 12.5. The van der Waals surface area contributed by atoms with E-state index in [0.717, 1.165) is 16.8 Å². The second-order valence-corrected chi connectivity index (χ2v) is 5.31. The van der Waals surface area contributed by atoms with Crippen LogP contribution in [0.25, 0.3) is 0 Å². The average Bonchev–Trinajstić information content (AvgIpc) is 2.39. The minimum atomic E-state index is 0.322. The lowest BCUT2D eigenvalue weighted by Crippen LogP contribution is -2.11. The highest BCUT2D eigenvalue weighted by atomic mass is 35.5. The molecule has 0 bridgehead atoms. The number of hydrogen-bond donors (Lipinski definition) is 2. The molecule has 0 heterocycles. The summed E-state index contributed by atoms with van der Waals surface area (Å²) < 4.78 is 0. The van der Waals surface area contributed by atoms with Gasteiger partial charge >= 0.3 is 0 Å². The van der Waals surface area contributed by atoms with Crippen LogP contribution in [0.5, 0.6) is 0 Å². The summed E-state index contributed by atoms with van der Waals surface area (Å²) in [6, 6.07) is 11.2. The first kappa shape index (κ1) is 14.1. The predicted octanol–water partition coefficient (Wildman–Crippen LogP) is 4.68. The first-order chi connectivity index (χ1) is 9.00. The molecule has 19 heavy (non-hydrogen) atoms. The predicted molar refractivity (Wildman–Crippen MR) is 86.8 cm³/mol. The maximum atomic E-state index is 6.27. The maximum Gasteiger partial charge on any atom is 0.106 e. The number of para-hydroxylation sites is 1. The Hall–Kier alpha value is -1.29. The van der Waals surface area contributed by atoms with Gasteiger partial charge in [0, 0.05) is 11.3 Å². The molecule has 0 unspecified atom stereocenters. The van der Waals surface area contributed by atoms with E-state index in [4.69, 9.17) is 41.2 Å². The zero-order valence-electron chi connectivity index (χ0n) is 10.2. The highest BCUT2D eigenvalue weighted by molar-refractivity contribution is 7.80. The van der Waals surface area contributed by atoms with Crippen molar-refractivity contribution in [2.75, 3.05) is 5.32 Å². The van der Waals surface area contributed by atoms with Crippen molar-refractivity contribution in [3.8, 4) is 0 Å². The number of halogens is 2. The fourth-order valence-corrected chi connectivity index (χ4v) is 2.36. The lowest BCUT2D eigenvalue weighted by molar-refractivity contribution is 1.44. The average molecular weight is 311 g/mol. The Bertz CT molecular complexity index is 641. The topological polar surface area (TPSA) is 38.0 Å². The van der Waals surface area contributed by atoms with Crippen LogP contribution in [-0.2, 0) is 0 Å². The third-order valence-electron chi connectivity index (χ3n) is 2.74. The largest absolute Gasteiger partial charge is 0.389 e. The summed E-state index contributed by atoms with van der Waals surface area (Å²) in [5.41, 5.74) is 8.84. The van der Waals surface area contributed by atoms with Crippen molar-refractivity contribution < 1.29 is 0 Å². The van der Waals surface area contributed by atoms with E-state index in [0.29, 0.717) is 20.7 Å². The molecule has 98 valence electrons. The Morgan fingerprint density at radius 2 is 1.84 bits per heavy atom. The molecular formula is C14H12Cl2N2S. The van der Waals surface area contributed by atoms with Gasteiger partial charge in [-0.15, -0.1) is 0 Å². The molecule has 3 N–H and O–H groups in total. The van der Waals surface area contributed by atoms with Gasteiger partial charge < -0.3 is 11.1 Å². The molecule has 0 aliphatic rings. The van der Waals surface area contributed by atoms with E-state index in [1.807, 2.05) is 37.3 Å². The molecule has 2 aromatic carbocycles. The summed E-state index contributed by atoms with van der Waals surface area (Å²) in [6.07, 6.45) is 0. The number of nitrogens with two attached hydrogens (primary N) is 1. The summed E-state index contributed by atoms with van der Waals surface area (Å²) in [6.45, 7) is 1.92. The number of rotatable bonds is 3. The number of hydrogen-bond acceptors (Lipinski definition) is 2. The molecule has 2 rings (SSSR count). The Kier molecular flexibility index (Phi) is 4.30. The van der Waals surface area contributed by atoms with Crippen LogP contribution >= 0.6 is 35.4 Å². The Morgan fingerprint density at radius 3 is 2.53 bits per heavy atom. The summed E-state index contributed by atoms with van der Waals surface area (Å²) in [5.74, 6) is 0. The lowest BCUT2D eigenvalue weighted by atomic mass is 10.1. The minimum absolute atomic E-state index is 0.322. The van der Waals surface area contributed by atoms with E-state index >= 15 is 0 Å². The van der Waals surface area contributed by atoms with E-state index < -0.39 is 0 Å². The molecule has 2 nitrogen and oxygen atoms in total. The molecule has 0 radical (unpaired) electrons. The molecule has 0 atom stereocenters. The van der Waals surface area contributed by atoms with Crippen molar-refractivity contribution in [3.63, 3.8) is 0 Å². The van der Waals surface area contributed by atoms with Crippen LogP contribution in [0.1, 0.15) is 11.1 Å². The van der Waals surface area contributed by atoms with Gasteiger partial charge in [0.05, 0.1) is 15.7 Å². The third kappa shape index (κ3) is 3.00. The molecule has 2 aromatic rings. The van der Waals surface area contributed by atoms with Gasteiger partial charge in [-0.3, -0.25) is 0 Å². The van der Waals surface area contributed by atoms with E-state index in [1.54, 1.807) is 6.07 Å². The van der Waals surface area contributed by atoms with E-state index in [2.05, 4.69) is 5.32 Å². The van der Waals surface area contributed by atoms with E-state index in [9.17, 15) is 0 Å². The van der Waals surface area contributed by atoms with Gasteiger partial charge in [0.15, 0.2) is 0 Å². The van der Waals surface area contributed by atoms with Gasteiger partial charge in [0.2, 0.25) is 0 Å². The first-order valence-corrected chi connectivity index (χ1v) is 6.77. The molecule has 0 amide bonds. The molecular weight excluding hydrogens is 299 g/mol. The van der Waals surface area contributed by atoms with Crippen molar-refractivity contribution in [1.29, 1.82) is 0 Å².